The molecule has 3 heterocycles. The lowest BCUT2D eigenvalue weighted by Crippen LogP contribution is -2.57. The summed E-state index contributed by atoms with van der Waals surface area (Å²) in [5, 5.41) is 30.6. The smallest absolute Gasteiger partial charge is 0.246 e. The van der Waals surface area contributed by atoms with Crippen LogP contribution < -0.4 is 20.1 Å². The molecule has 3 amide bonds. The second-order valence-corrected chi connectivity index (χ2v) is 18.3. The Balaban J connectivity index is 0.820. The molecule has 1 aliphatic rings. The third-order valence-electron chi connectivity index (χ3n) is 11.4. The Hall–Kier alpha value is -7.50. The van der Waals surface area contributed by atoms with Crippen molar-refractivity contribution < 1.29 is 33.4 Å². The summed E-state index contributed by atoms with van der Waals surface area (Å²) in [5.74, 6) is 0.886. The van der Waals surface area contributed by atoms with Crippen molar-refractivity contribution in [2.45, 2.75) is 65.2 Å². The van der Waals surface area contributed by atoms with Gasteiger partial charge >= 0.3 is 0 Å². The lowest BCUT2D eigenvalue weighted by molar-refractivity contribution is -0.143. The fraction of sp³-hybridized carbons (Fsp3) is 0.250. The van der Waals surface area contributed by atoms with Crippen LogP contribution in [0.25, 0.3) is 31.8 Å². The summed E-state index contributed by atoms with van der Waals surface area (Å²) in [5.41, 5.74) is 4.01. The fourth-order valence-electron chi connectivity index (χ4n) is 7.89. The molecule has 0 radical (unpaired) electrons. The van der Waals surface area contributed by atoms with E-state index in [2.05, 4.69) is 16.7 Å². The van der Waals surface area contributed by atoms with Gasteiger partial charge in [0.25, 0.3) is 0 Å². The van der Waals surface area contributed by atoms with E-state index in [0.29, 0.717) is 55.4 Å². The van der Waals surface area contributed by atoms with E-state index in [1.165, 1.54) is 23.5 Å². The lowest BCUT2D eigenvalue weighted by Gasteiger charge is -2.35. The number of hydrogen-bond donors (Lipinski definition) is 3. The number of carbonyl (C=O) groups excluding carboxylic acids is 3. The molecular weight excluding hydrogens is 856 g/mol. The standard InChI is InChI=1S/C52H49FN6O6S/c1-52(2,3)49(51(63)59-25-4-5-44(59)50(62)55-32-35-8-6-34(31-54)7-9-35)56-46(61)29-33-10-12-36(13-11-33)43-24-26-58(57-43)27-28-64-40-19-21-41(22-20-40)65-47-42-23-18-39(60)30-45(42)66-48(47)37-14-16-38(53)17-15-37/h6-24,26,30,44,49,60H,4-5,25,27-29,32H2,1-3H3,(H,55,62)(H,56,61)/t44-,49+/m0/s1. The molecule has 66 heavy (non-hydrogen) atoms. The number of benzene rings is 5. The van der Waals surface area contributed by atoms with Gasteiger partial charge in [0.05, 0.1) is 35.2 Å². The van der Waals surface area contributed by atoms with E-state index in [0.717, 1.165) is 42.9 Å². The molecule has 0 spiro atoms. The SMILES string of the molecule is CC(C)(C)[C@H](NC(=O)Cc1ccc(-c2ccn(CCOc3ccc(Oc4c(-c5ccc(F)cc5)sc5cc(O)ccc45)cc3)n2)cc1)C(=O)N1CCC[C@H]1C(=O)NCc1ccc(C#N)cc1. The number of hydrogen-bond acceptors (Lipinski definition) is 9. The van der Waals surface area contributed by atoms with Crippen LogP contribution in [-0.4, -0.2) is 62.7 Å². The summed E-state index contributed by atoms with van der Waals surface area (Å²) < 4.78 is 28.8. The predicted octanol–water partition coefficient (Wildman–Crippen LogP) is 9.40. The van der Waals surface area contributed by atoms with Crippen molar-refractivity contribution >= 4 is 39.1 Å². The highest BCUT2D eigenvalue weighted by atomic mass is 32.1. The van der Waals surface area contributed by atoms with Gasteiger partial charge in [-0.05, 0) is 108 Å². The first-order valence-electron chi connectivity index (χ1n) is 21.7. The number of rotatable bonds is 15. The number of aromatic hydroxyl groups is 1. The average Bonchev–Trinajstić information content (AvgIpc) is 4.08. The van der Waals surface area contributed by atoms with E-state index in [1.54, 1.807) is 58.1 Å². The molecule has 5 aromatic carbocycles. The Morgan fingerprint density at radius 2 is 1.61 bits per heavy atom. The first-order valence-corrected chi connectivity index (χ1v) is 22.5. The van der Waals surface area contributed by atoms with Crippen molar-refractivity contribution in [3.8, 4) is 50.8 Å². The van der Waals surface area contributed by atoms with Crippen LogP contribution in [0, 0.1) is 22.6 Å². The molecule has 0 unspecified atom stereocenters. The number of nitrogens with zero attached hydrogens (tertiary/aromatic N) is 4. The number of nitrogens with one attached hydrogen (secondary N) is 2. The maximum Gasteiger partial charge on any atom is 0.246 e. The largest absolute Gasteiger partial charge is 0.508 e. The molecule has 0 aliphatic carbocycles. The van der Waals surface area contributed by atoms with Crippen molar-refractivity contribution in [3.63, 3.8) is 0 Å². The van der Waals surface area contributed by atoms with Gasteiger partial charge in [0.2, 0.25) is 17.7 Å². The zero-order chi connectivity index (χ0) is 46.4. The average molecular weight is 905 g/mol. The van der Waals surface area contributed by atoms with Crippen LogP contribution in [0.2, 0.25) is 0 Å². The summed E-state index contributed by atoms with van der Waals surface area (Å²) in [7, 11) is 0. The lowest BCUT2D eigenvalue weighted by atomic mass is 9.85. The Labute approximate surface area is 386 Å². The Bertz CT molecular complexity index is 2880. The number of phenols is 1. The maximum atomic E-state index is 14.0. The minimum Gasteiger partial charge on any atom is -0.508 e. The van der Waals surface area contributed by atoms with Gasteiger partial charge in [0.15, 0.2) is 5.75 Å². The highest BCUT2D eigenvalue weighted by Gasteiger charge is 2.41. The third kappa shape index (κ3) is 10.7. The molecule has 12 nitrogen and oxygen atoms in total. The van der Waals surface area contributed by atoms with Crippen molar-refractivity contribution in [3.05, 3.63) is 150 Å². The molecule has 2 atom stereocenters. The summed E-state index contributed by atoms with van der Waals surface area (Å²) in [6.45, 7) is 7.27. The van der Waals surface area contributed by atoms with Gasteiger partial charge < -0.3 is 30.1 Å². The topological polar surface area (TPSA) is 159 Å². The van der Waals surface area contributed by atoms with Crippen LogP contribution in [0.3, 0.4) is 0 Å². The normalized spacial score (nSPS) is 14.1. The highest BCUT2D eigenvalue weighted by molar-refractivity contribution is 7.22. The molecular formula is C52H49FN6O6S. The zero-order valence-corrected chi connectivity index (χ0v) is 37.6. The van der Waals surface area contributed by atoms with Crippen molar-refractivity contribution in [2.24, 2.45) is 5.41 Å². The van der Waals surface area contributed by atoms with E-state index in [1.807, 2.05) is 87.6 Å². The molecule has 1 aliphatic heterocycles. The molecule has 1 fully saturated rings. The predicted molar refractivity (Wildman–Crippen MR) is 251 cm³/mol. The summed E-state index contributed by atoms with van der Waals surface area (Å²) in [4.78, 5) is 43.1. The molecule has 336 valence electrons. The Kier molecular flexibility index (Phi) is 13.5. The van der Waals surface area contributed by atoms with E-state index in [-0.39, 0.29) is 42.3 Å². The Morgan fingerprint density at radius 1 is 0.909 bits per heavy atom. The molecule has 14 heteroatoms. The van der Waals surface area contributed by atoms with Gasteiger partial charge in [-0.2, -0.15) is 10.4 Å². The number of amides is 3. The van der Waals surface area contributed by atoms with Gasteiger partial charge in [-0.1, -0.05) is 69.3 Å². The van der Waals surface area contributed by atoms with Gasteiger partial charge in [-0.15, -0.1) is 11.3 Å². The van der Waals surface area contributed by atoms with E-state index in [4.69, 9.17) is 19.8 Å². The number of thiophene rings is 1. The van der Waals surface area contributed by atoms with Crippen molar-refractivity contribution in [1.82, 2.24) is 25.3 Å². The second-order valence-electron chi connectivity index (χ2n) is 17.3. The second kappa shape index (κ2) is 19.7. The van der Waals surface area contributed by atoms with Gasteiger partial charge in [0, 0.05) is 34.9 Å². The fourth-order valence-corrected chi connectivity index (χ4v) is 9.05. The van der Waals surface area contributed by atoms with Crippen LogP contribution in [0.15, 0.2) is 128 Å². The number of halogens is 1. The summed E-state index contributed by atoms with van der Waals surface area (Å²) in [6, 6.07) is 35.8. The minimum absolute atomic E-state index is 0.0703. The van der Waals surface area contributed by atoms with Crippen LogP contribution in [0.4, 0.5) is 4.39 Å². The van der Waals surface area contributed by atoms with Crippen molar-refractivity contribution in [1.29, 1.82) is 5.26 Å². The van der Waals surface area contributed by atoms with Crippen LogP contribution >= 0.6 is 11.3 Å². The molecule has 3 N–H and O–H groups in total. The third-order valence-corrected chi connectivity index (χ3v) is 12.6. The first kappa shape index (κ1) is 45.1. The number of aromatic nitrogens is 2. The quantitative estimate of drug-likeness (QED) is 0.0919. The van der Waals surface area contributed by atoms with E-state index >= 15 is 0 Å². The monoisotopic (exact) mass is 904 g/mol. The van der Waals surface area contributed by atoms with Gasteiger partial charge in [-0.3, -0.25) is 19.1 Å². The number of likely N-dealkylation sites (tertiary alicyclic amines) is 1. The van der Waals surface area contributed by atoms with Gasteiger partial charge in [0.1, 0.15) is 41.8 Å². The summed E-state index contributed by atoms with van der Waals surface area (Å²) >= 11 is 1.46. The van der Waals surface area contributed by atoms with Crippen LogP contribution in [0.5, 0.6) is 23.0 Å². The van der Waals surface area contributed by atoms with Gasteiger partial charge in [-0.25, -0.2) is 4.39 Å². The van der Waals surface area contributed by atoms with Crippen LogP contribution in [0.1, 0.15) is 50.3 Å². The Morgan fingerprint density at radius 3 is 2.32 bits per heavy atom. The molecule has 0 bridgehead atoms. The number of ether oxygens (including phenoxy) is 2. The highest BCUT2D eigenvalue weighted by Crippen LogP contribution is 2.47. The van der Waals surface area contributed by atoms with Crippen molar-refractivity contribution in [2.75, 3.05) is 13.2 Å². The zero-order valence-electron chi connectivity index (χ0n) is 36.8. The molecule has 1 saturated heterocycles. The molecule has 2 aromatic heterocycles. The molecule has 8 rings (SSSR count). The van der Waals surface area contributed by atoms with E-state index in [9.17, 15) is 23.9 Å². The maximum absolute atomic E-state index is 14.0. The number of nitriles is 1. The number of carbonyl (C=O) groups is 3. The number of fused-ring (bicyclic) bond motifs is 1. The molecule has 7 aromatic rings. The van der Waals surface area contributed by atoms with E-state index < -0.39 is 17.5 Å². The minimum atomic E-state index is -0.837. The first-order chi connectivity index (χ1) is 31.8. The number of phenolic OH excluding ortho intramolecular Hbond substituents is 1. The molecule has 0 saturated carbocycles. The summed E-state index contributed by atoms with van der Waals surface area (Å²) in [6.07, 6.45) is 3.17. The van der Waals surface area contributed by atoms with Crippen LogP contribution in [-0.2, 0) is 33.9 Å².